The molecule has 3 atom stereocenters. The molecule has 2 aliphatic carbocycles. The highest BCUT2D eigenvalue weighted by Crippen LogP contribution is 2.57. The molecule has 18 heavy (non-hydrogen) atoms. The fraction of sp³-hybridized carbons (Fsp3) is 0.467. The molecule has 1 aromatic heterocycles. The molecule has 1 aromatic carbocycles. The average molecular weight is 246 g/mol. The van der Waals surface area contributed by atoms with E-state index in [0.717, 1.165) is 30.1 Å². The molecule has 0 amide bonds. The van der Waals surface area contributed by atoms with Crippen LogP contribution in [-0.2, 0) is 0 Å². The van der Waals surface area contributed by atoms with Gasteiger partial charge in [0.05, 0.1) is 0 Å². The van der Waals surface area contributed by atoms with Crippen molar-refractivity contribution in [1.82, 2.24) is 0 Å². The quantitative estimate of drug-likeness (QED) is 0.877. The summed E-state index contributed by atoms with van der Waals surface area (Å²) >= 11 is 0. The third-order valence-electron chi connectivity index (χ3n) is 4.53. The lowest BCUT2D eigenvalue weighted by atomic mass is 9.95. The van der Waals surface area contributed by atoms with Gasteiger partial charge in [-0.2, -0.15) is 0 Å². The second kappa shape index (κ2) is 3.58. The van der Waals surface area contributed by atoms with Crippen LogP contribution in [0.15, 0.2) is 28.7 Å². The minimum absolute atomic E-state index is 0.259. The lowest BCUT2D eigenvalue weighted by Crippen LogP contribution is -2.09. The fourth-order valence-electron chi connectivity index (χ4n) is 3.44. The van der Waals surface area contributed by atoms with Crippen LogP contribution >= 0.6 is 0 Å². The van der Waals surface area contributed by atoms with E-state index in [4.69, 9.17) is 4.42 Å². The summed E-state index contributed by atoms with van der Waals surface area (Å²) in [5.74, 6) is 2.09. The first kappa shape index (κ1) is 10.6. The van der Waals surface area contributed by atoms with Gasteiger partial charge in [0.1, 0.15) is 11.9 Å². The van der Waals surface area contributed by atoms with Gasteiger partial charge < -0.3 is 9.52 Å². The molecule has 2 nitrogen and oxygen atoms in total. The van der Waals surface area contributed by atoms with E-state index in [1.807, 2.05) is 6.07 Å². The van der Waals surface area contributed by atoms with Crippen LogP contribution in [0.1, 0.15) is 31.1 Å². The van der Waals surface area contributed by atoms with Gasteiger partial charge >= 0.3 is 0 Å². The molecule has 2 aromatic rings. The monoisotopic (exact) mass is 246 g/mol. The summed E-state index contributed by atoms with van der Waals surface area (Å²) in [6.45, 7) is 0. The number of rotatable bonds is 2. The highest BCUT2D eigenvalue weighted by molar-refractivity contribution is 5.78. The van der Waals surface area contributed by atoms with Crippen molar-refractivity contribution >= 4 is 11.0 Å². The molecule has 1 heterocycles. The lowest BCUT2D eigenvalue weighted by Gasteiger charge is -2.16. The van der Waals surface area contributed by atoms with E-state index in [1.165, 1.54) is 12.5 Å². The van der Waals surface area contributed by atoms with Gasteiger partial charge in [-0.25, -0.2) is 4.39 Å². The smallest absolute Gasteiger partial charge is 0.170 e. The average Bonchev–Trinajstić information content (AvgIpc) is 2.80. The minimum atomic E-state index is -0.579. The number of hydrogen-bond donors (Lipinski definition) is 1. The van der Waals surface area contributed by atoms with Crippen LogP contribution in [0.3, 0.4) is 0 Å². The molecule has 0 spiro atoms. The van der Waals surface area contributed by atoms with Gasteiger partial charge in [0.2, 0.25) is 0 Å². The molecule has 94 valence electrons. The first-order valence-corrected chi connectivity index (χ1v) is 6.58. The van der Waals surface area contributed by atoms with Crippen molar-refractivity contribution in [1.29, 1.82) is 0 Å². The summed E-state index contributed by atoms with van der Waals surface area (Å²) in [5.41, 5.74) is 0.259. The maximum absolute atomic E-state index is 13.5. The van der Waals surface area contributed by atoms with Gasteiger partial charge in [-0.1, -0.05) is 12.1 Å². The number of aliphatic hydroxyl groups excluding tert-OH is 1. The summed E-state index contributed by atoms with van der Waals surface area (Å²) < 4.78 is 19.0. The maximum atomic E-state index is 13.5. The van der Waals surface area contributed by atoms with Crippen molar-refractivity contribution in [2.75, 3.05) is 0 Å². The van der Waals surface area contributed by atoms with Crippen molar-refractivity contribution in [3.63, 3.8) is 0 Å². The van der Waals surface area contributed by atoms with Gasteiger partial charge in [0.15, 0.2) is 11.4 Å². The van der Waals surface area contributed by atoms with Crippen LogP contribution in [-0.4, -0.2) is 5.11 Å². The van der Waals surface area contributed by atoms with E-state index in [2.05, 4.69) is 0 Å². The van der Waals surface area contributed by atoms with E-state index in [-0.39, 0.29) is 17.3 Å². The Hall–Kier alpha value is -1.35. The Morgan fingerprint density at radius 3 is 2.72 bits per heavy atom. The Balaban J connectivity index is 1.67. The number of para-hydroxylation sites is 1. The van der Waals surface area contributed by atoms with Gasteiger partial charge in [-0.05, 0) is 49.1 Å². The third kappa shape index (κ3) is 1.50. The predicted octanol–water partition coefficient (Wildman–Crippen LogP) is 3.65. The highest BCUT2D eigenvalue weighted by atomic mass is 19.1. The molecule has 2 saturated carbocycles. The second-order valence-electron chi connectivity index (χ2n) is 5.74. The van der Waals surface area contributed by atoms with Crippen LogP contribution in [0.2, 0.25) is 0 Å². The first-order valence-electron chi connectivity index (χ1n) is 6.58. The zero-order chi connectivity index (χ0) is 12.3. The van der Waals surface area contributed by atoms with Crippen molar-refractivity contribution in [2.45, 2.75) is 25.4 Å². The Labute approximate surface area is 104 Å². The zero-order valence-electron chi connectivity index (χ0n) is 9.97. The summed E-state index contributed by atoms with van der Waals surface area (Å²) in [6, 6.07) is 6.62. The van der Waals surface area contributed by atoms with Crippen molar-refractivity contribution in [2.24, 2.45) is 17.8 Å². The molecular weight excluding hydrogens is 231 g/mol. The SMILES string of the molecule is OC(c1cc2cccc(F)c2o1)C1CC2CC2C1. The first-order chi connectivity index (χ1) is 8.72. The van der Waals surface area contributed by atoms with Crippen LogP contribution in [0.4, 0.5) is 4.39 Å². The molecule has 2 fully saturated rings. The lowest BCUT2D eigenvalue weighted by molar-refractivity contribution is 0.0839. The Bertz CT molecular complexity index is 594. The molecule has 2 aliphatic rings. The predicted molar refractivity (Wildman–Crippen MR) is 65.5 cm³/mol. The fourth-order valence-corrected chi connectivity index (χ4v) is 3.44. The molecule has 3 unspecified atom stereocenters. The normalized spacial score (nSPS) is 31.6. The molecule has 1 N–H and O–H groups in total. The van der Waals surface area contributed by atoms with E-state index >= 15 is 0 Å². The number of aliphatic hydroxyl groups is 1. The Kier molecular flexibility index (Phi) is 2.10. The van der Waals surface area contributed by atoms with Crippen molar-refractivity contribution < 1.29 is 13.9 Å². The molecule has 0 aliphatic heterocycles. The Morgan fingerprint density at radius 1 is 1.22 bits per heavy atom. The summed E-state index contributed by atoms with van der Waals surface area (Å²) in [6.07, 6.45) is 2.93. The molecule has 0 radical (unpaired) electrons. The van der Waals surface area contributed by atoms with Crippen LogP contribution in [0, 0.1) is 23.6 Å². The largest absolute Gasteiger partial charge is 0.455 e. The van der Waals surface area contributed by atoms with E-state index in [1.54, 1.807) is 12.1 Å². The zero-order valence-corrected chi connectivity index (χ0v) is 9.97. The molecule has 3 heteroatoms. The van der Waals surface area contributed by atoms with Crippen molar-refractivity contribution in [3.05, 3.63) is 35.8 Å². The topological polar surface area (TPSA) is 33.4 Å². The van der Waals surface area contributed by atoms with Crippen LogP contribution in [0.25, 0.3) is 11.0 Å². The Morgan fingerprint density at radius 2 is 2.00 bits per heavy atom. The van der Waals surface area contributed by atoms with Crippen LogP contribution < -0.4 is 0 Å². The minimum Gasteiger partial charge on any atom is -0.455 e. The maximum Gasteiger partial charge on any atom is 0.170 e. The molecule has 0 bridgehead atoms. The summed E-state index contributed by atoms with van der Waals surface area (Å²) in [7, 11) is 0. The summed E-state index contributed by atoms with van der Waals surface area (Å²) in [5, 5.41) is 11.1. The van der Waals surface area contributed by atoms with Gasteiger partial charge in [-0.15, -0.1) is 0 Å². The standard InChI is InChI=1S/C15H15FO2/c16-12-3-1-2-8-7-13(18-15(8)12)14(17)11-5-9-4-10(9)6-11/h1-3,7,9-11,14,17H,4-6H2. The third-order valence-corrected chi connectivity index (χ3v) is 4.53. The summed E-state index contributed by atoms with van der Waals surface area (Å²) in [4.78, 5) is 0. The number of furan rings is 1. The van der Waals surface area contributed by atoms with Gasteiger partial charge in [-0.3, -0.25) is 0 Å². The van der Waals surface area contributed by atoms with E-state index in [9.17, 15) is 9.50 Å². The number of hydrogen-bond acceptors (Lipinski definition) is 2. The van der Waals surface area contributed by atoms with Crippen LogP contribution in [0.5, 0.6) is 0 Å². The number of benzene rings is 1. The van der Waals surface area contributed by atoms with E-state index < -0.39 is 6.10 Å². The number of halogens is 1. The molecule has 4 rings (SSSR count). The second-order valence-corrected chi connectivity index (χ2v) is 5.74. The van der Waals surface area contributed by atoms with Gasteiger partial charge in [0.25, 0.3) is 0 Å². The van der Waals surface area contributed by atoms with Gasteiger partial charge in [0, 0.05) is 5.39 Å². The highest BCUT2D eigenvalue weighted by Gasteiger charge is 2.48. The number of fused-ring (bicyclic) bond motifs is 2. The molecular formula is C15H15FO2. The van der Waals surface area contributed by atoms with E-state index in [0.29, 0.717) is 5.76 Å². The van der Waals surface area contributed by atoms with Crippen molar-refractivity contribution in [3.8, 4) is 0 Å². The molecule has 0 saturated heterocycles.